The van der Waals surface area contributed by atoms with Gasteiger partial charge in [-0.15, -0.1) is 0 Å². The molecule has 3 rings (SSSR count). The van der Waals surface area contributed by atoms with Crippen LogP contribution in [0.15, 0.2) is 30.5 Å². The molecular weight excluding hydrogens is 278 g/mol. The predicted molar refractivity (Wildman–Crippen MR) is 86.6 cm³/mol. The highest BCUT2D eigenvalue weighted by molar-refractivity contribution is 5.82. The van der Waals surface area contributed by atoms with Crippen molar-refractivity contribution in [2.75, 3.05) is 39.8 Å². The van der Waals surface area contributed by atoms with E-state index in [1.165, 1.54) is 23.6 Å². The van der Waals surface area contributed by atoms with Crippen LogP contribution in [0.3, 0.4) is 0 Å². The van der Waals surface area contributed by atoms with Crippen molar-refractivity contribution in [1.82, 2.24) is 14.8 Å². The molecule has 1 aliphatic rings. The minimum Gasteiger partial charge on any atom is -0.468 e. The van der Waals surface area contributed by atoms with Crippen molar-refractivity contribution in [1.29, 1.82) is 0 Å². The Labute approximate surface area is 130 Å². The van der Waals surface area contributed by atoms with E-state index in [1.807, 2.05) is 6.20 Å². The molecule has 2 aromatic rings. The third kappa shape index (κ3) is 3.48. The smallest absolute Gasteiger partial charge is 0.319 e. The van der Waals surface area contributed by atoms with Gasteiger partial charge in [0.1, 0.15) is 0 Å². The van der Waals surface area contributed by atoms with E-state index in [-0.39, 0.29) is 5.97 Å². The molecule has 0 amide bonds. The van der Waals surface area contributed by atoms with Gasteiger partial charge in [0.25, 0.3) is 0 Å². The first kappa shape index (κ1) is 15.1. The van der Waals surface area contributed by atoms with Crippen LogP contribution in [-0.2, 0) is 16.1 Å². The first-order chi connectivity index (χ1) is 10.8. The zero-order chi connectivity index (χ0) is 15.4. The van der Waals surface area contributed by atoms with Crippen molar-refractivity contribution in [2.24, 2.45) is 0 Å². The Kier molecular flexibility index (Phi) is 4.75. The highest BCUT2D eigenvalue weighted by atomic mass is 16.5. The van der Waals surface area contributed by atoms with Crippen LogP contribution in [0.5, 0.6) is 0 Å². The largest absolute Gasteiger partial charge is 0.468 e. The number of nitrogens with one attached hydrogen (secondary N) is 1. The fourth-order valence-corrected chi connectivity index (χ4v) is 3.12. The fraction of sp³-hybridized carbons (Fsp3) is 0.471. The first-order valence-corrected chi connectivity index (χ1v) is 7.83. The van der Waals surface area contributed by atoms with Crippen molar-refractivity contribution < 1.29 is 9.53 Å². The molecule has 1 fully saturated rings. The third-order valence-electron chi connectivity index (χ3n) is 4.34. The average molecular weight is 301 g/mol. The lowest BCUT2D eigenvalue weighted by Crippen LogP contribution is -2.34. The quantitative estimate of drug-likeness (QED) is 0.876. The molecule has 5 heteroatoms. The molecule has 118 valence electrons. The second-order valence-electron chi connectivity index (χ2n) is 5.84. The Balaban J connectivity index is 1.62. The second kappa shape index (κ2) is 6.94. The van der Waals surface area contributed by atoms with Crippen molar-refractivity contribution in [2.45, 2.75) is 13.0 Å². The van der Waals surface area contributed by atoms with Crippen LogP contribution in [0.25, 0.3) is 10.9 Å². The molecule has 0 bridgehead atoms. The fourth-order valence-electron chi connectivity index (χ4n) is 3.12. The van der Waals surface area contributed by atoms with Crippen molar-refractivity contribution >= 4 is 16.9 Å². The molecule has 0 saturated carbocycles. The number of carbonyl (C=O) groups is 1. The number of aromatic nitrogens is 1. The van der Waals surface area contributed by atoms with Gasteiger partial charge >= 0.3 is 5.97 Å². The SMILES string of the molecule is COC(=O)CN1CCCN(Cc2cccc3[nH]ccc23)CC1. The van der Waals surface area contributed by atoms with E-state index in [9.17, 15) is 4.79 Å². The number of ether oxygens (including phenoxy) is 1. The highest BCUT2D eigenvalue weighted by Gasteiger charge is 2.17. The van der Waals surface area contributed by atoms with Gasteiger partial charge < -0.3 is 9.72 Å². The van der Waals surface area contributed by atoms with Crippen LogP contribution in [-0.4, -0.2) is 60.6 Å². The summed E-state index contributed by atoms with van der Waals surface area (Å²) < 4.78 is 4.76. The van der Waals surface area contributed by atoms with E-state index < -0.39 is 0 Å². The molecule has 0 radical (unpaired) electrons. The highest BCUT2D eigenvalue weighted by Crippen LogP contribution is 2.19. The molecule has 22 heavy (non-hydrogen) atoms. The number of fused-ring (bicyclic) bond motifs is 1. The summed E-state index contributed by atoms with van der Waals surface area (Å²) in [6.07, 6.45) is 3.08. The molecule has 0 spiro atoms. The molecule has 1 saturated heterocycles. The van der Waals surface area contributed by atoms with Crippen LogP contribution >= 0.6 is 0 Å². The molecular formula is C17H23N3O2. The molecule has 5 nitrogen and oxygen atoms in total. The zero-order valence-corrected chi connectivity index (χ0v) is 13.0. The van der Waals surface area contributed by atoms with E-state index in [1.54, 1.807) is 0 Å². The van der Waals surface area contributed by atoms with Crippen LogP contribution < -0.4 is 0 Å². The summed E-state index contributed by atoms with van der Waals surface area (Å²) in [7, 11) is 1.45. The number of rotatable bonds is 4. The summed E-state index contributed by atoms with van der Waals surface area (Å²) >= 11 is 0. The van der Waals surface area contributed by atoms with E-state index in [0.717, 1.165) is 39.1 Å². The maximum atomic E-state index is 11.4. The molecule has 1 aromatic carbocycles. The van der Waals surface area contributed by atoms with Crippen LogP contribution in [0, 0.1) is 0 Å². The Hall–Kier alpha value is -1.85. The average Bonchev–Trinajstić information content (AvgIpc) is 2.91. The third-order valence-corrected chi connectivity index (χ3v) is 4.34. The van der Waals surface area contributed by atoms with Gasteiger partial charge in [-0.3, -0.25) is 14.6 Å². The van der Waals surface area contributed by atoms with Crippen molar-refractivity contribution in [3.05, 3.63) is 36.0 Å². The van der Waals surface area contributed by atoms with Gasteiger partial charge in [-0.25, -0.2) is 0 Å². The molecule has 0 unspecified atom stereocenters. The van der Waals surface area contributed by atoms with E-state index in [2.05, 4.69) is 39.0 Å². The number of hydrogen-bond donors (Lipinski definition) is 1. The number of H-pyrrole nitrogens is 1. The Morgan fingerprint density at radius 1 is 1.18 bits per heavy atom. The minimum atomic E-state index is -0.148. The monoisotopic (exact) mass is 301 g/mol. The Bertz CT molecular complexity index is 638. The predicted octanol–water partition coefficient (Wildman–Crippen LogP) is 1.85. The van der Waals surface area contributed by atoms with Crippen LogP contribution in [0.4, 0.5) is 0 Å². The van der Waals surface area contributed by atoms with Crippen molar-refractivity contribution in [3.63, 3.8) is 0 Å². The standard InChI is InChI=1S/C17H23N3O2/c1-22-17(21)13-20-9-3-8-19(10-11-20)12-14-4-2-5-16-15(14)6-7-18-16/h2,4-7,18H,3,8-13H2,1H3. The molecule has 1 N–H and O–H groups in total. The summed E-state index contributed by atoms with van der Waals surface area (Å²) in [5, 5.41) is 1.30. The first-order valence-electron chi connectivity index (χ1n) is 7.83. The van der Waals surface area contributed by atoms with Gasteiger partial charge in [-0.05, 0) is 30.7 Å². The van der Waals surface area contributed by atoms with Gasteiger partial charge in [0.05, 0.1) is 13.7 Å². The summed E-state index contributed by atoms with van der Waals surface area (Å²) in [5.41, 5.74) is 2.56. The lowest BCUT2D eigenvalue weighted by molar-refractivity contribution is -0.141. The summed E-state index contributed by atoms with van der Waals surface area (Å²) in [6.45, 7) is 5.29. The molecule has 1 aliphatic heterocycles. The Morgan fingerprint density at radius 2 is 2.00 bits per heavy atom. The van der Waals surface area contributed by atoms with Gasteiger partial charge in [0.2, 0.25) is 0 Å². The number of hydrogen-bond acceptors (Lipinski definition) is 4. The van der Waals surface area contributed by atoms with E-state index in [0.29, 0.717) is 6.54 Å². The topological polar surface area (TPSA) is 48.6 Å². The number of benzene rings is 1. The van der Waals surface area contributed by atoms with Gasteiger partial charge in [0, 0.05) is 43.3 Å². The molecule has 0 aliphatic carbocycles. The molecule has 0 atom stereocenters. The summed E-state index contributed by atoms with van der Waals surface area (Å²) in [5.74, 6) is -0.148. The van der Waals surface area contributed by atoms with Gasteiger partial charge in [0.15, 0.2) is 0 Å². The van der Waals surface area contributed by atoms with E-state index >= 15 is 0 Å². The summed E-state index contributed by atoms with van der Waals surface area (Å²) in [6, 6.07) is 8.56. The molecule has 2 heterocycles. The lowest BCUT2D eigenvalue weighted by atomic mass is 10.1. The normalized spacial score (nSPS) is 17.5. The zero-order valence-electron chi connectivity index (χ0n) is 13.0. The number of nitrogens with zero attached hydrogens (tertiary/aromatic N) is 2. The van der Waals surface area contributed by atoms with Crippen molar-refractivity contribution in [3.8, 4) is 0 Å². The number of carbonyl (C=O) groups excluding carboxylic acids is 1. The number of methoxy groups -OCH3 is 1. The van der Waals surface area contributed by atoms with Gasteiger partial charge in [-0.1, -0.05) is 12.1 Å². The minimum absolute atomic E-state index is 0.148. The number of esters is 1. The van der Waals surface area contributed by atoms with Gasteiger partial charge in [-0.2, -0.15) is 0 Å². The maximum Gasteiger partial charge on any atom is 0.319 e. The Morgan fingerprint density at radius 3 is 2.86 bits per heavy atom. The maximum absolute atomic E-state index is 11.4. The second-order valence-corrected chi connectivity index (χ2v) is 5.84. The van der Waals surface area contributed by atoms with E-state index in [4.69, 9.17) is 4.74 Å². The lowest BCUT2D eigenvalue weighted by Gasteiger charge is -2.21. The summed E-state index contributed by atoms with van der Waals surface area (Å²) in [4.78, 5) is 19.3. The number of aromatic amines is 1. The van der Waals surface area contributed by atoms with Crippen LogP contribution in [0.1, 0.15) is 12.0 Å². The molecule has 1 aromatic heterocycles. The van der Waals surface area contributed by atoms with Crippen LogP contribution in [0.2, 0.25) is 0 Å².